The largest absolute Gasteiger partial charge is 0.481 e. The normalized spacial score (nSPS) is 17.4. The molecule has 1 fully saturated rings. The third-order valence-electron chi connectivity index (χ3n) is 6.14. The highest BCUT2D eigenvalue weighted by atomic mass is 16.5. The SMILES string of the molecule is CCCOCCN1CC(N2CCN(C[C@@H](C)O)CC2)=Nc2cnc(-c3ccc(OC)nc3)cc21. The Kier molecular flexibility index (Phi) is 8.31. The van der Waals surface area contributed by atoms with Gasteiger partial charge in [0, 0.05) is 63.7 Å². The predicted octanol–water partition coefficient (Wildman–Crippen LogP) is 2.43. The number of nitrogens with zero attached hydrogens (tertiary/aromatic N) is 6. The zero-order chi connectivity index (χ0) is 23.9. The summed E-state index contributed by atoms with van der Waals surface area (Å²) in [6.45, 7) is 11.3. The molecule has 2 aliphatic rings. The fourth-order valence-electron chi connectivity index (χ4n) is 4.37. The van der Waals surface area contributed by atoms with Gasteiger partial charge in [-0.2, -0.15) is 0 Å². The summed E-state index contributed by atoms with van der Waals surface area (Å²) < 4.78 is 11.0. The van der Waals surface area contributed by atoms with E-state index in [9.17, 15) is 5.11 Å². The number of pyridine rings is 2. The van der Waals surface area contributed by atoms with E-state index in [1.54, 1.807) is 13.3 Å². The van der Waals surface area contributed by atoms with Crippen molar-refractivity contribution >= 4 is 17.2 Å². The molecule has 0 amide bonds. The first-order valence-corrected chi connectivity index (χ1v) is 12.1. The molecule has 0 saturated carbocycles. The highest BCUT2D eigenvalue weighted by Gasteiger charge is 2.27. The molecular formula is C25H36N6O3. The van der Waals surface area contributed by atoms with Gasteiger partial charge in [-0.25, -0.2) is 9.98 Å². The Balaban J connectivity index is 1.54. The summed E-state index contributed by atoms with van der Waals surface area (Å²) in [5.41, 5.74) is 3.75. The molecular weight excluding hydrogens is 432 g/mol. The van der Waals surface area contributed by atoms with E-state index < -0.39 is 0 Å². The second kappa shape index (κ2) is 11.6. The van der Waals surface area contributed by atoms with E-state index in [2.05, 4.69) is 37.7 Å². The molecule has 0 unspecified atom stereocenters. The van der Waals surface area contributed by atoms with Gasteiger partial charge < -0.3 is 24.4 Å². The molecule has 34 heavy (non-hydrogen) atoms. The van der Waals surface area contributed by atoms with E-state index in [0.29, 0.717) is 12.5 Å². The molecule has 2 aromatic heterocycles. The van der Waals surface area contributed by atoms with Crippen LogP contribution in [0.5, 0.6) is 5.88 Å². The van der Waals surface area contributed by atoms with Gasteiger partial charge in [-0.05, 0) is 25.5 Å². The lowest BCUT2D eigenvalue weighted by Crippen LogP contribution is -2.53. The van der Waals surface area contributed by atoms with Gasteiger partial charge in [0.2, 0.25) is 5.88 Å². The van der Waals surface area contributed by atoms with Crippen molar-refractivity contribution in [3.05, 3.63) is 30.6 Å². The monoisotopic (exact) mass is 468 g/mol. The Morgan fingerprint density at radius 1 is 1.09 bits per heavy atom. The molecule has 0 radical (unpaired) electrons. The van der Waals surface area contributed by atoms with Gasteiger partial charge in [0.1, 0.15) is 11.5 Å². The maximum absolute atomic E-state index is 9.70. The summed E-state index contributed by atoms with van der Waals surface area (Å²) in [6.07, 6.45) is 4.35. The van der Waals surface area contributed by atoms with Crippen LogP contribution in [0.2, 0.25) is 0 Å². The van der Waals surface area contributed by atoms with Crippen molar-refractivity contribution in [1.82, 2.24) is 19.8 Å². The maximum atomic E-state index is 9.70. The number of methoxy groups -OCH3 is 1. The van der Waals surface area contributed by atoms with Crippen molar-refractivity contribution in [2.24, 2.45) is 4.99 Å². The smallest absolute Gasteiger partial charge is 0.212 e. The lowest BCUT2D eigenvalue weighted by Gasteiger charge is -2.40. The van der Waals surface area contributed by atoms with Crippen molar-refractivity contribution in [1.29, 1.82) is 0 Å². The van der Waals surface area contributed by atoms with Gasteiger partial charge in [-0.15, -0.1) is 0 Å². The van der Waals surface area contributed by atoms with E-state index in [1.165, 1.54) is 0 Å². The molecule has 9 heteroatoms. The van der Waals surface area contributed by atoms with Crippen LogP contribution < -0.4 is 9.64 Å². The number of hydrogen-bond donors (Lipinski definition) is 1. The van der Waals surface area contributed by atoms with E-state index in [4.69, 9.17) is 14.5 Å². The number of piperazine rings is 1. The molecule has 184 valence electrons. The number of aliphatic imine (C=N–C) groups is 1. The highest BCUT2D eigenvalue weighted by Crippen LogP contribution is 2.35. The third-order valence-corrected chi connectivity index (χ3v) is 6.14. The van der Waals surface area contributed by atoms with Crippen LogP contribution in [0.1, 0.15) is 20.3 Å². The van der Waals surface area contributed by atoms with Gasteiger partial charge in [-0.1, -0.05) is 6.92 Å². The van der Waals surface area contributed by atoms with E-state index >= 15 is 0 Å². The molecule has 1 N–H and O–H groups in total. The quantitative estimate of drug-likeness (QED) is 0.562. The number of aromatic nitrogens is 2. The molecule has 2 aliphatic heterocycles. The fourth-order valence-corrected chi connectivity index (χ4v) is 4.37. The van der Waals surface area contributed by atoms with Crippen LogP contribution in [0.3, 0.4) is 0 Å². The van der Waals surface area contributed by atoms with Gasteiger partial charge >= 0.3 is 0 Å². The summed E-state index contributed by atoms with van der Waals surface area (Å²) in [7, 11) is 1.61. The van der Waals surface area contributed by atoms with Crippen LogP contribution in [-0.4, -0.2) is 103 Å². The summed E-state index contributed by atoms with van der Waals surface area (Å²) in [5.74, 6) is 1.65. The minimum atomic E-state index is -0.301. The lowest BCUT2D eigenvalue weighted by atomic mass is 10.1. The first-order chi connectivity index (χ1) is 16.6. The van der Waals surface area contributed by atoms with E-state index in [1.807, 2.05) is 25.3 Å². The number of aliphatic hydroxyl groups excluding tert-OH is 1. The topological polar surface area (TPSA) is 86.6 Å². The lowest BCUT2D eigenvalue weighted by molar-refractivity contribution is 0.100. The Hall–Kier alpha value is -2.75. The third kappa shape index (κ3) is 6.02. The summed E-state index contributed by atoms with van der Waals surface area (Å²) in [5, 5.41) is 9.70. The minimum absolute atomic E-state index is 0.301. The highest BCUT2D eigenvalue weighted by molar-refractivity contribution is 5.95. The average Bonchev–Trinajstić information content (AvgIpc) is 2.86. The maximum Gasteiger partial charge on any atom is 0.212 e. The summed E-state index contributed by atoms with van der Waals surface area (Å²) >= 11 is 0. The predicted molar refractivity (Wildman–Crippen MR) is 134 cm³/mol. The number of anilines is 1. The molecule has 0 bridgehead atoms. The Morgan fingerprint density at radius 2 is 1.91 bits per heavy atom. The zero-order valence-electron chi connectivity index (χ0n) is 20.5. The minimum Gasteiger partial charge on any atom is -0.481 e. The molecule has 1 atom stereocenters. The summed E-state index contributed by atoms with van der Waals surface area (Å²) in [6, 6.07) is 5.92. The fraction of sp³-hybridized carbons (Fsp3) is 0.560. The van der Waals surface area contributed by atoms with Gasteiger partial charge in [0.05, 0.1) is 43.9 Å². The first-order valence-electron chi connectivity index (χ1n) is 12.1. The summed E-state index contributed by atoms with van der Waals surface area (Å²) in [4.78, 5) is 21.0. The van der Waals surface area contributed by atoms with Crippen LogP contribution in [0, 0.1) is 0 Å². The van der Waals surface area contributed by atoms with Crippen LogP contribution in [0.15, 0.2) is 35.6 Å². The molecule has 0 aliphatic carbocycles. The van der Waals surface area contributed by atoms with Gasteiger partial charge in [0.25, 0.3) is 0 Å². The van der Waals surface area contributed by atoms with Crippen LogP contribution in [0.4, 0.5) is 11.4 Å². The molecule has 9 nitrogen and oxygen atoms in total. The molecule has 0 spiro atoms. The molecule has 4 heterocycles. The Morgan fingerprint density at radius 3 is 2.59 bits per heavy atom. The van der Waals surface area contributed by atoms with E-state index in [0.717, 1.165) is 87.3 Å². The molecule has 0 aromatic carbocycles. The first kappa shape index (κ1) is 24.4. The molecule has 2 aromatic rings. The number of rotatable bonds is 9. The van der Waals surface area contributed by atoms with Crippen LogP contribution in [0.25, 0.3) is 11.3 Å². The number of aliphatic hydroxyl groups is 1. The zero-order valence-corrected chi connectivity index (χ0v) is 20.5. The van der Waals surface area contributed by atoms with Crippen LogP contribution in [-0.2, 0) is 4.74 Å². The Bertz CT molecular complexity index is 958. The standard InChI is InChI=1S/C25H36N6O3/c1-4-12-34-13-11-31-18-24(30-9-7-29(8-10-30)17-19(2)32)28-22-16-26-21(14-23(22)31)20-5-6-25(33-3)27-15-20/h5-6,14-16,19,32H,4,7-13,17-18H2,1-3H3/t19-/m1/s1. The second-order valence-corrected chi connectivity index (χ2v) is 8.85. The Labute approximate surface area is 202 Å². The van der Waals surface area contributed by atoms with Gasteiger partial charge in [-0.3, -0.25) is 9.88 Å². The van der Waals surface area contributed by atoms with Crippen LogP contribution >= 0.6 is 0 Å². The van der Waals surface area contributed by atoms with Crippen molar-refractivity contribution in [2.75, 3.05) is 71.0 Å². The number of amidine groups is 1. The van der Waals surface area contributed by atoms with E-state index in [-0.39, 0.29) is 6.10 Å². The van der Waals surface area contributed by atoms with Gasteiger partial charge in [0.15, 0.2) is 0 Å². The second-order valence-electron chi connectivity index (χ2n) is 8.85. The number of fused-ring (bicyclic) bond motifs is 1. The van der Waals surface area contributed by atoms with Crippen molar-refractivity contribution in [3.8, 4) is 17.1 Å². The molecule has 1 saturated heterocycles. The van der Waals surface area contributed by atoms with Crippen molar-refractivity contribution in [2.45, 2.75) is 26.4 Å². The van der Waals surface area contributed by atoms with Crippen molar-refractivity contribution in [3.63, 3.8) is 0 Å². The average molecular weight is 469 g/mol. The number of β-amino-alcohol motifs (C(OH)–C–C–N with tert-alkyl or cyclic N) is 1. The van der Waals surface area contributed by atoms with Crippen molar-refractivity contribution < 1.29 is 14.6 Å². The number of ether oxygens (including phenoxy) is 2. The number of hydrogen-bond acceptors (Lipinski definition) is 9. The molecule has 4 rings (SSSR count).